The number of likely N-dealkylation sites (N-methyl/N-ethyl adjacent to an activating group) is 1. The molecule has 1 unspecified atom stereocenters. The molecule has 2 N–H and O–H groups in total. The van der Waals surface area contributed by atoms with Crippen LogP contribution in [0, 0.1) is 6.92 Å². The number of nitrogens with one attached hydrogen (secondary N) is 1. The van der Waals surface area contributed by atoms with E-state index in [4.69, 9.17) is 5.11 Å². The molecule has 124 valence electrons. The Kier molecular flexibility index (Phi) is 4.69. The minimum atomic E-state index is -1.10. The van der Waals surface area contributed by atoms with E-state index in [-0.39, 0.29) is 5.91 Å². The standard InChI is InChI=1S/C14H18N4O4S/c1-7-9-5-10(23-14(9)18(4)16-7)12(21)15-8(2)13(22)17(3)6-11(19)20/h5,8H,6H2,1-4H3,(H,15,21)(H,19,20). The number of amides is 2. The maximum Gasteiger partial charge on any atom is 0.323 e. The van der Waals surface area contributed by atoms with Crippen LogP contribution in [0.5, 0.6) is 0 Å². The molecule has 2 aromatic rings. The monoisotopic (exact) mass is 338 g/mol. The number of carboxylic acid groups (broad SMARTS) is 1. The van der Waals surface area contributed by atoms with Crippen LogP contribution >= 0.6 is 11.3 Å². The quantitative estimate of drug-likeness (QED) is 0.831. The molecule has 9 heteroatoms. The van der Waals surface area contributed by atoms with Gasteiger partial charge in [0.25, 0.3) is 5.91 Å². The molecule has 0 bridgehead atoms. The summed E-state index contributed by atoms with van der Waals surface area (Å²) in [6, 6.07) is 0.937. The van der Waals surface area contributed by atoms with E-state index in [9.17, 15) is 14.4 Å². The van der Waals surface area contributed by atoms with Gasteiger partial charge in [0, 0.05) is 19.5 Å². The van der Waals surface area contributed by atoms with E-state index >= 15 is 0 Å². The number of nitrogens with zero attached hydrogens (tertiary/aromatic N) is 3. The summed E-state index contributed by atoms with van der Waals surface area (Å²) in [5.74, 6) is -1.93. The summed E-state index contributed by atoms with van der Waals surface area (Å²) in [6.45, 7) is 2.98. The first-order valence-electron chi connectivity index (χ1n) is 6.91. The number of carbonyl (C=O) groups excluding carboxylic acids is 2. The van der Waals surface area contributed by atoms with Crippen molar-refractivity contribution in [1.82, 2.24) is 20.0 Å². The smallest absolute Gasteiger partial charge is 0.323 e. The average Bonchev–Trinajstić information content (AvgIpc) is 2.99. The number of thiophene rings is 1. The van der Waals surface area contributed by atoms with Crippen LogP contribution in [0.25, 0.3) is 10.2 Å². The summed E-state index contributed by atoms with van der Waals surface area (Å²) in [5, 5.41) is 16.5. The molecule has 1 atom stereocenters. The van der Waals surface area contributed by atoms with Gasteiger partial charge in [0.2, 0.25) is 5.91 Å². The number of hydrogen-bond acceptors (Lipinski definition) is 5. The van der Waals surface area contributed by atoms with E-state index in [2.05, 4.69) is 10.4 Å². The van der Waals surface area contributed by atoms with Crippen molar-refractivity contribution in [2.45, 2.75) is 19.9 Å². The summed E-state index contributed by atoms with van der Waals surface area (Å²) < 4.78 is 1.71. The zero-order chi connectivity index (χ0) is 17.3. The third kappa shape index (κ3) is 3.50. The average molecular weight is 338 g/mol. The first-order valence-corrected chi connectivity index (χ1v) is 7.73. The molecule has 0 aliphatic rings. The molecule has 8 nitrogen and oxygen atoms in total. The van der Waals surface area contributed by atoms with Crippen molar-refractivity contribution in [2.24, 2.45) is 7.05 Å². The Bertz CT molecular complexity index is 745. The van der Waals surface area contributed by atoms with E-state index in [1.807, 2.05) is 6.92 Å². The Morgan fingerprint density at radius 3 is 2.70 bits per heavy atom. The lowest BCUT2D eigenvalue weighted by atomic mass is 10.2. The fraction of sp³-hybridized carbons (Fsp3) is 0.429. The minimum Gasteiger partial charge on any atom is -0.480 e. The van der Waals surface area contributed by atoms with Gasteiger partial charge in [-0.3, -0.25) is 19.1 Å². The van der Waals surface area contributed by atoms with Crippen molar-refractivity contribution in [1.29, 1.82) is 0 Å². The van der Waals surface area contributed by atoms with Crippen LogP contribution in [0.1, 0.15) is 22.3 Å². The van der Waals surface area contributed by atoms with Gasteiger partial charge in [0.1, 0.15) is 17.4 Å². The molecule has 2 aromatic heterocycles. The Morgan fingerprint density at radius 2 is 2.13 bits per heavy atom. The van der Waals surface area contributed by atoms with E-state index in [0.29, 0.717) is 4.88 Å². The third-order valence-electron chi connectivity index (χ3n) is 3.39. The van der Waals surface area contributed by atoms with Gasteiger partial charge in [0.05, 0.1) is 10.6 Å². The van der Waals surface area contributed by atoms with Crippen LogP contribution in [0.3, 0.4) is 0 Å². The number of rotatable bonds is 5. The molecule has 0 aliphatic carbocycles. The molecule has 0 fully saturated rings. The van der Waals surface area contributed by atoms with Crippen LogP contribution in [0.15, 0.2) is 6.07 Å². The number of carbonyl (C=O) groups is 3. The van der Waals surface area contributed by atoms with Crippen molar-refractivity contribution >= 4 is 39.3 Å². The summed E-state index contributed by atoms with van der Waals surface area (Å²) in [6.07, 6.45) is 0. The molecule has 0 aliphatic heterocycles. The lowest BCUT2D eigenvalue weighted by molar-refractivity contribution is -0.144. The molecule has 0 spiro atoms. The highest BCUT2D eigenvalue weighted by molar-refractivity contribution is 7.20. The Labute approximate surface area is 136 Å². The topological polar surface area (TPSA) is 105 Å². The number of aryl methyl sites for hydroxylation is 2. The van der Waals surface area contributed by atoms with Gasteiger partial charge in [-0.2, -0.15) is 5.10 Å². The van der Waals surface area contributed by atoms with Crippen molar-refractivity contribution < 1.29 is 19.5 Å². The molecular formula is C14H18N4O4S. The highest BCUT2D eigenvalue weighted by Crippen LogP contribution is 2.27. The third-order valence-corrected chi connectivity index (χ3v) is 4.59. The normalized spacial score (nSPS) is 12.2. The van der Waals surface area contributed by atoms with Gasteiger partial charge in [-0.25, -0.2) is 0 Å². The fourth-order valence-electron chi connectivity index (χ4n) is 2.26. The van der Waals surface area contributed by atoms with Crippen molar-refractivity contribution in [3.05, 3.63) is 16.6 Å². The molecule has 2 amide bonds. The van der Waals surface area contributed by atoms with Gasteiger partial charge >= 0.3 is 5.97 Å². The van der Waals surface area contributed by atoms with Gasteiger partial charge in [0.15, 0.2) is 0 Å². The Hall–Kier alpha value is -2.42. The zero-order valence-electron chi connectivity index (χ0n) is 13.3. The van der Waals surface area contributed by atoms with E-state index < -0.39 is 24.5 Å². The summed E-state index contributed by atoms with van der Waals surface area (Å²) >= 11 is 1.29. The highest BCUT2D eigenvalue weighted by atomic mass is 32.1. The fourth-order valence-corrected chi connectivity index (χ4v) is 3.28. The molecular weight excluding hydrogens is 320 g/mol. The van der Waals surface area contributed by atoms with Crippen molar-refractivity contribution in [3.8, 4) is 0 Å². The first kappa shape index (κ1) is 16.9. The van der Waals surface area contributed by atoms with Crippen LogP contribution in [-0.2, 0) is 16.6 Å². The second-order valence-electron chi connectivity index (χ2n) is 5.32. The molecule has 0 aromatic carbocycles. The molecule has 23 heavy (non-hydrogen) atoms. The Balaban J connectivity index is 2.09. The maximum absolute atomic E-state index is 12.3. The molecule has 0 saturated heterocycles. The predicted molar refractivity (Wildman–Crippen MR) is 85.5 cm³/mol. The zero-order valence-corrected chi connectivity index (χ0v) is 14.1. The van der Waals surface area contributed by atoms with Crippen LogP contribution in [0.2, 0.25) is 0 Å². The lowest BCUT2D eigenvalue weighted by Gasteiger charge is -2.20. The lowest BCUT2D eigenvalue weighted by Crippen LogP contribution is -2.46. The highest BCUT2D eigenvalue weighted by Gasteiger charge is 2.23. The number of aliphatic carboxylic acids is 1. The summed E-state index contributed by atoms with van der Waals surface area (Å²) in [4.78, 5) is 37.3. The van der Waals surface area contributed by atoms with Crippen LogP contribution < -0.4 is 5.32 Å². The van der Waals surface area contributed by atoms with E-state index in [1.165, 1.54) is 25.3 Å². The predicted octanol–water partition coefficient (Wildman–Crippen LogP) is 0.605. The van der Waals surface area contributed by atoms with Crippen LogP contribution in [0.4, 0.5) is 0 Å². The second kappa shape index (κ2) is 6.37. The van der Waals surface area contributed by atoms with Gasteiger partial charge in [-0.15, -0.1) is 11.3 Å². The van der Waals surface area contributed by atoms with Gasteiger partial charge < -0.3 is 15.3 Å². The molecule has 2 heterocycles. The van der Waals surface area contributed by atoms with Crippen LogP contribution in [-0.4, -0.2) is 57.2 Å². The number of fused-ring (bicyclic) bond motifs is 1. The molecule has 2 rings (SSSR count). The molecule has 0 radical (unpaired) electrons. The van der Waals surface area contributed by atoms with E-state index in [1.54, 1.807) is 17.8 Å². The Morgan fingerprint density at radius 1 is 1.48 bits per heavy atom. The van der Waals surface area contributed by atoms with Gasteiger partial charge in [-0.05, 0) is 19.9 Å². The number of aromatic nitrogens is 2. The number of carboxylic acids is 1. The first-order chi connectivity index (χ1) is 10.7. The largest absolute Gasteiger partial charge is 0.480 e. The SMILES string of the molecule is Cc1nn(C)c2sc(C(=O)NC(C)C(=O)N(C)CC(=O)O)cc12. The van der Waals surface area contributed by atoms with Crippen molar-refractivity contribution in [3.63, 3.8) is 0 Å². The minimum absolute atomic E-state index is 0.366. The molecule has 0 saturated carbocycles. The maximum atomic E-state index is 12.3. The van der Waals surface area contributed by atoms with Gasteiger partial charge in [-0.1, -0.05) is 0 Å². The summed E-state index contributed by atoms with van der Waals surface area (Å²) in [7, 11) is 3.19. The summed E-state index contributed by atoms with van der Waals surface area (Å²) in [5.41, 5.74) is 0.836. The second-order valence-corrected chi connectivity index (χ2v) is 6.35. The number of hydrogen-bond donors (Lipinski definition) is 2. The van der Waals surface area contributed by atoms with Crippen molar-refractivity contribution in [2.75, 3.05) is 13.6 Å². The van der Waals surface area contributed by atoms with E-state index in [0.717, 1.165) is 20.8 Å².